The van der Waals surface area contributed by atoms with Crippen LogP contribution in [0.1, 0.15) is 22.2 Å². The van der Waals surface area contributed by atoms with E-state index in [9.17, 15) is 4.79 Å². The van der Waals surface area contributed by atoms with E-state index in [2.05, 4.69) is 5.32 Å². The Hall–Kier alpha value is -1.98. The molecule has 1 atom stereocenters. The van der Waals surface area contributed by atoms with Gasteiger partial charge in [-0.1, -0.05) is 11.6 Å². The fourth-order valence-corrected chi connectivity index (χ4v) is 2.40. The molecule has 1 aromatic heterocycles. The molecule has 0 spiro atoms. The summed E-state index contributed by atoms with van der Waals surface area (Å²) in [7, 11) is 5.55. The lowest BCUT2D eigenvalue weighted by molar-refractivity contribution is -0.891. The monoisotopic (exact) mass is 323 g/mol. The minimum absolute atomic E-state index is 0.0316. The fourth-order valence-electron chi connectivity index (χ4n) is 2.23. The van der Waals surface area contributed by atoms with Crippen molar-refractivity contribution in [3.05, 3.63) is 52.9 Å². The molecule has 0 aliphatic rings. The normalized spacial score (nSPS) is 12.2. The lowest BCUT2D eigenvalue weighted by atomic mass is 10.1. The summed E-state index contributed by atoms with van der Waals surface area (Å²) >= 11 is 5.96. The van der Waals surface area contributed by atoms with Crippen molar-refractivity contribution in [1.29, 1.82) is 0 Å². The van der Waals surface area contributed by atoms with Crippen LogP contribution < -0.4 is 15.0 Å². The molecule has 118 valence electrons. The van der Waals surface area contributed by atoms with Crippen LogP contribution in [0.25, 0.3) is 0 Å². The maximum Gasteiger partial charge on any atom is 0.255 e. The number of rotatable bonds is 6. The first-order chi connectivity index (χ1) is 10.5. The van der Waals surface area contributed by atoms with Gasteiger partial charge in [0.15, 0.2) is 11.8 Å². The zero-order valence-electron chi connectivity index (χ0n) is 12.9. The molecule has 2 aromatic rings. The van der Waals surface area contributed by atoms with Gasteiger partial charge in [0.05, 0.1) is 39.6 Å². The molecule has 0 radical (unpaired) electrons. The predicted octanol–water partition coefficient (Wildman–Crippen LogP) is 1.56. The van der Waals surface area contributed by atoms with E-state index >= 15 is 0 Å². The molecule has 1 aromatic carbocycles. The van der Waals surface area contributed by atoms with E-state index in [1.165, 1.54) is 7.11 Å². The summed E-state index contributed by atoms with van der Waals surface area (Å²) in [5.74, 6) is 1.10. The molecule has 1 amide bonds. The summed E-state index contributed by atoms with van der Waals surface area (Å²) in [6.07, 6.45) is 1.63. The molecule has 0 saturated heterocycles. The van der Waals surface area contributed by atoms with Crippen molar-refractivity contribution in [2.75, 3.05) is 27.7 Å². The highest BCUT2D eigenvalue weighted by atomic mass is 35.5. The van der Waals surface area contributed by atoms with Gasteiger partial charge in [-0.15, -0.1) is 0 Å². The molecule has 2 N–H and O–H groups in total. The average Bonchev–Trinajstić information content (AvgIpc) is 3.01. The highest BCUT2D eigenvalue weighted by Gasteiger charge is 2.22. The Morgan fingerprint density at radius 1 is 1.41 bits per heavy atom. The lowest BCUT2D eigenvalue weighted by Crippen LogP contribution is -3.07. The van der Waals surface area contributed by atoms with Gasteiger partial charge in [-0.25, -0.2) is 0 Å². The van der Waals surface area contributed by atoms with Gasteiger partial charge in [0, 0.05) is 5.02 Å². The molecule has 0 saturated carbocycles. The largest absolute Gasteiger partial charge is 0.496 e. The van der Waals surface area contributed by atoms with Crippen LogP contribution in [-0.2, 0) is 0 Å². The lowest BCUT2D eigenvalue weighted by Gasteiger charge is -2.20. The number of methoxy groups -OCH3 is 1. The molecule has 1 heterocycles. The number of amides is 1. The molecule has 0 aliphatic heterocycles. The van der Waals surface area contributed by atoms with Crippen LogP contribution in [0, 0.1) is 0 Å². The molecule has 0 aliphatic carbocycles. The van der Waals surface area contributed by atoms with Crippen LogP contribution in [0.5, 0.6) is 5.75 Å². The first-order valence-corrected chi connectivity index (χ1v) is 7.36. The number of nitrogens with one attached hydrogen (secondary N) is 2. The molecule has 22 heavy (non-hydrogen) atoms. The van der Waals surface area contributed by atoms with E-state index in [-0.39, 0.29) is 11.9 Å². The van der Waals surface area contributed by atoms with Crippen LogP contribution in [0.3, 0.4) is 0 Å². The zero-order valence-corrected chi connectivity index (χ0v) is 13.6. The van der Waals surface area contributed by atoms with Gasteiger partial charge in [-0.05, 0) is 30.3 Å². The summed E-state index contributed by atoms with van der Waals surface area (Å²) in [5.41, 5.74) is 0.418. The van der Waals surface area contributed by atoms with Gasteiger partial charge in [0.1, 0.15) is 5.75 Å². The molecular formula is C16H20ClN2O3+. The molecule has 0 fully saturated rings. The standard InChI is InChI=1S/C16H19ClN2O3/c1-19(2)13(15-5-4-8-22-15)10-18-16(20)12-9-11(17)6-7-14(12)21-3/h4-9,13H,10H2,1-3H3,(H,18,20)/p+1/t13-/m0/s1. The van der Waals surface area contributed by atoms with Crippen molar-refractivity contribution in [1.82, 2.24) is 5.32 Å². The third-order valence-electron chi connectivity index (χ3n) is 3.46. The van der Waals surface area contributed by atoms with Gasteiger partial charge in [0.2, 0.25) is 0 Å². The van der Waals surface area contributed by atoms with Crippen molar-refractivity contribution in [2.24, 2.45) is 0 Å². The van der Waals surface area contributed by atoms with E-state index < -0.39 is 0 Å². The van der Waals surface area contributed by atoms with Crippen LogP contribution in [0.2, 0.25) is 5.02 Å². The Balaban J connectivity index is 2.10. The number of quaternary nitrogens is 1. The quantitative estimate of drug-likeness (QED) is 0.848. The summed E-state index contributed by atoms with van der Waals surface area (Å²) < 4.78 is 10.6. The number of furan rings is 1. The number of carbonyl (C=O) groups excluding carboxylic acids is 1. The minimum atomic E-state index is -0.225. The van der Waals surface area contributed by atoms with Gasteiger partial charge in [-0.3, -0.25) is 4.79 Å². The predicted molar refractivity (Wildman–Crippen MR) is 84.6 cm³/mol. The summed E-state index contributed by atoms with van der Waals surface area (Å²) in [6.45, 7) is 0.449. The second-order valence-corrected chi connectivity index (χ2v) is 5.64. The van der Waals surface area contributed by atoms with Crippen LogP contribution in [0.4, 0.5) is 0 Å². The van der Waals surface area contributed by atoms with Crippen LogP contribution in [-0.4, -0.2) is 33.7 Å². The number of ether oxygens (including phenoxy) is 1. The van der Waals surface area contributed by atoms with Crippen LogP contribution >= 0.6 is 11.6 Å². The fraction of sp³-hybridized carbons (Fsp3) is 0.312. The van der Waals surface area contributed by atoms with Crippen molar-refractivity contribution in [2.45, 2.75) is 6.04 Å². The maximum absolute atomic E-state index is 12.4. The van der Waals surface area contributed by atoms with Crippen molar-refractivity contribution in [3.63, 3.8) is 0 Å². The first kappa shape index (κ1) is 16.4. The average molecular weight is 324 g/mol. The highest BCUT2D eigenvalue weighted by Crippen LogP contribution is 2.22. The van der Waals surface area contributed by atoms with Crippen molar-refractivity contribution < 1.29 is 18.8 Å². The molecule has 0 bridgehead atoms. The number of halogens is 1. The molecule has 2 rings (SSSR count). The smallest absolute Gasteiger partial charge is 0.255 e. The SMILES string of the molecule is COc1ccc(Cl)cc1C(=O)NC[C@@H](c1ccco1)[NH+](C)C. The second-order valence-electron chi connectivity index (χ2n) is 5.20. The minimum Gasteiger partial charge on any atom is -0.496 e. The Morgan fingerprint density at radius 2 is 2.18 bits per heavy atom. The Kier molecular flexibility index (Phi) is 5.46. The first-order valence-electron chi connectivity index (χ1n) is 6.98. The van der Waals surface area contributed by atoms with E-state index in [0.29, 0.717) is 22.9 Å². The van der Waals surface area contributed by atoms with Crippen molar-refractivity contribution in [3.8, 4) is 5.75 Å². The number of benzene rings is 1. The molecule has 6 heteroatoms. The van der Waals surface area contributed by atoms with E-state index in [1.807, 2.05) is 26.2 Å². The topological polar surface area (TPSA) is 55.9 Å². The molecule has 0 unspecified atom stereocenters. The second kappa shape index (κ2) is 7.33. The molecular weight excluding hydrogens is 304 g/mol. The summed E-state index contributed by atoms with van der Waals surface area (Å²) in [4.78, 5) is 13.5. The van der Waals surface area contributed by atoms with Crippen molar-refractivity contribution >= 4 is 17.5 Å². The highest BCUT2D eigenvalue weighted by molar-refractivity contribution is 6.31. The maximum atomic E-state index is 12.4. The summed E-state index contributed by atoms with van der Waals surface area (Å²) in [6, 6.07) is 8.74. The Morgan fingerprint density at radius 3 is 2.77 bits per heavy atom. The third kappa shape index (κ3) is 3.81. The van der Waals surface area contributed by atoms with Gasteiger partial charge in [-0.2, -0.15) is 0 Å². The van der Waals surface area contributed by atoms with Gasteiger partial charge >= 0.3 is 0 Å². The molecule has 5 nitrogen and oxygen atoms in total. The summed E-state index contributed by atoms with van der Waals surface area (Å²) in [5, 5.41) is 3.40. The zero-order chi connectivity index (χ0) is 16.1. The van der Waals surface area contributed by atoms with Gasteiger partial charge in [0.25, 0.3) is 5.91 Å². The number of carbonyl (C=O) groups is 1. The Labute approximate surface area is 134 Å². The Bertz CT molecular complexity index is 626. The van der Waals surface area contributed by atoms with E-state index in [1.54, 1.807) is 24.5 Å². The number of hydrogen-bond donors (Lipinski definition) is 2. The van der Waals surface area contributed by atoms with E-state index in [0.717, 1.165) is 10.7 Å². The van der Waals surface area contributed by atoms with E-state index in [4.69, 9.17) is 20.8 Å². The number of hydrogen-bond acceptors (Lipinski definition) is 3. The van der Waals surface area contributed by atoms with Crippen LogP contribution in [0.15, 0.2) is 41.0 Å². The van der Waals surface area contributed by atoms with Gasteiger partial charge < -0.3 is 19.4 Å². The third-order valence-corrected chi connectivity index (χ3v) is 3.69. The number of likely N-dealkylation sites (N-methyl/N-ethyl adjacent to an activating group) is 1.